The zero-order valence-corrected chi connectivity index (χ0v) is 12.6. The topological polar surface area (TPSA) is 107 Å². The van der Waals surface area contributed by atoms with E-state index in [1.807, 2.05) is 0 Å². The number of non-ortho nitro benzene ring substituents is 1. The Morgan fingerprint density at radius 3 is 2.62 bits per heavy atom. The molecule has 3 aromatic rings. The second kappa shape index (κ2) is 6.29. The first kappa shape index (κ1) is 15.3. The van der Waals surface area contributed by atoms with Crippen molar-refractivity contribution in [3.8, 4) is 5.75 Å². The van der Waals surface area contributed by atoms with Crippen molar-refractivity contribution < 1.29 is 14.5 Å². The third-order valence-corrected chi connectivity index (χ3v) is 3.33. The lowest BCUT2D eigenvalue weighted by molar-refractivity contribution is -0.384. The SMILES string of the molecule is COc1ccc2cnc(C(=O)Nc3ccc([N+](=O)[O-])cc3)nc2c1. The Kier molecular flexibility index (Phi) is 4.02. The van der Waals surface area contributed by atoms with E-state index in [4.69, 9.17) is 4.74 Å². The molecule has 0 saturated carbocycles. The van der Waals surface area contributed by atoms with E-state index in [0.717, 1.165) is 5.39 Å². The first-order valence-corrected chi connectivity index (χ1v) is 6.93. The predicted octanol–water partition coefficient (Wildman–Crippen LogP) is 2.80. The van der Waals surface area contributed by atoms with Crippen LogP contribution in [0.5, 0.6) is 5.75 Å². The summed E-state index contributed by atoms with van der Waals surface area (Å²) in [4.78, 5) is 30.6. The molecule has 120 valence electrons. The van der Waals surface area contributed by atoms with Crippen LogP contribution in [0.2, 0.25) is 0 Å². The summed E-state index contributed by atoms with van der Waals surface area (Å²) in [7, 11) is 1.55. The highest BCUT2D eigenvalue weighted by Gasteiger charge is 2.12. The van der Waals surface area contributed by atoms with Crippen LogP contribution >= 0.6 is 0 Å². The highest BCUT2D eigenvalue weighted by Crippen LogP contribution is 2.19. The Hall–Kier alpha value is -3.55. The van der Waals surface area contributed by atoms with Gasteiger partial charge in [0.2, 0.25) is 5.82 Å². The van der Waals surface area contributed by atoms with E-state index in [1.54, 1.807) is 31.5 Å². The molecule has 0 saturated heterocycles. The lowest BCUT2D eigenvalue weighted by Crippen LogP contribution is -2.15. The molecule has 0 fully saturated rings. The monoisotopic (exact) mass is 324 g/mol. The van der Waals surface area contributed by atoms with E-state index in [2.05, 4.69) is 15.3 Å². The van der Waals surface area contributed by atoms with Gasteiger partial charge in [0.1, 0.15) is 5.75 Å². The minimum absolute atomic E-state index is 0.00546. The average molecular weight is 324 g/mol. The Balaban J connectivity index is 1.83. The van der Waals surface area contributed by atoms with Crippen molar-refractivity contribution in [2.75, 3.05) is 12.4 Å². The van der Waals surface area contributed by atoms with Crippen LogP contribution in [0.1, 0.15) is 10.6 Å². The molecule has 0 aliphatic heterocycles. The van der Waals surface area contributed by atoms with Crippen molar-refractivity contribution >= 4 is 28.2 Å². The summed E-state index contributed by atoms with van der Waals surface area (Å²) >= 11 is 0. The first-order valence-electron chi connectivity index (χ1n) is 6.93. The molecule has 0 unspecified atom stereocenters. The minimum atomic E-state index is -0.509. The van der Waals surface area contributed by atoms with Crippen molar-refractivity contribution in [3.63, 3.8) is 0 Å². The molecule has 24 heavy (non-hydrogen) atoms. The third-order valence-electron chi connectivity index (χ3n) is 3.33. The lowest BCUT2D eigenvalue weighted by atomic mass is 10.2. The Bertz CT molecular complexity index is 925. The molecule has 0 radical (unpaired) electrons. The number of benzene rings is 2. The van der Waals surface area contributed by atoms with E-state index in [1.165, 1.54) is 24.3 Å². The maximum atomic E-state index is 12.2. The Morgan fingerprint density at radius 1 is 1.21 bits per heavy atom. The molecule has 0 spiro atoms. The zero-order chi connectivity index (χ0) is 17.1. The summed E-state index contributed by atoms with van der Waals surface area (Å²) < 4.78 is 5.13. The van der Waals surface area contributed by atoms with E-state index >= 15 is 0 Å². The van der Waals surface area contributed by atoms with Gasteiger partial charge in [-0.2, -0.15) is 0 Å². The average Bonchev–Trinajstić information content (AvgIpc) is 2.61. The molecular formula is C16H12N4O4. The molecule has 0 aliphatic carbocycles. The number of hydrogen-bond donors (Lipinski definition) is 1. The third kappa shape index (κ3) is 3.12. The van der Waals surface area contributed by atoms with Crippen molar-refractivity contribution in [2.24, 2.45) is 0 Å². The van der Waals surface area contributed by atoms with Gasteiger partial charge in [0.25, 0.3) is 11.6 Å². The van der Waals surface area contributed by atoms with E-state index in [-0.39, 0.29) is 11.5 Å². The molecule has 2 aromatic carbocycles. The fraction of sp³-hybridized carbons (Fsp3) is 0.0625. The normalized spacial score (nSPS) is 10.4. The van der Waals surface area contributed by atoms with Gasteiger partial charge in [-0.25, -0.2) is 9.97 Å². The number of rotatable bonds is 4. The molecule has 1 amide bonds. The maximum absolute atomic E-state index is 12.2. The van der Waals surface area contributed by atoms with Crippen LogP contribution in [-0.2, 0) is 0 Å². The number of ether oxygens (including phenoxy) is 1. The minimum Gasteiger partial charge on any atom is -0.497 e. The van der Waals surface area contributed by atoms with Crippen LogP contribution < -0.4 is 10.1 Å². The number of methoxy groups -OCH3 is 1. The largest absolute Gasteiger partial charge is 0.497 e. The molecule has 1 N–H and O–H groups in total. The number of hydrogen-bond acceptors (Lipinski definition) is 6. The Morgan fingerprint density at radius 2 is 1.96 bits per heavy atom. The van der Waals surface area contributed by atoms with Gasteiger partial charge in [0.05, 0.1) is 17.5 Å². The zero-order valence-electron chi connectivity index (χ0n) is 12.6. The second-order valence-corrected chi connectivity index (χ2v) is 4.88. The second-order valence-electron chi connectivity index (χ2n) is 4.88. The number of carbonyl (C=O) groups is 1. The fourth-order valence-corrected chi connectivity index (χ4v) is 2.09. The standard InChI is InChI=1S/C16H12N4O4/c1-24-13-7-2-10-9-17-15(19-14(10)8-13)16(21)18-11-3-5-12(6-4-11)20(22)23/h2-9H,1H3,(H,18,21). The number of nitro benzene ring substituents is 1. The van der Waals surface area contributed by atoms with Crippen molar-refractivity contribution in [2.45, 2.75) is 0 Å². The van der Waals surface area contributed by atoms with Gasteiger partial charge in [-0.15, -0.1) is 0 Å². The number of carbonyl (C=O) groups excluding carboxylic acids is 1. The molecule has 1 aromatic heterocycles. The highest BCUT2D eigenvalue weighted by atomic mass is 16.6. The number of anilines is 1. The Labute approximate surface area is 136 Å². The molecule has 0 bridgehead atoms. The number of nitro groups is 1. The van der Waals surface area contributed by atoms with Crippen LogP contribution in [0.4, 0.5) is 11.4 Å². The van der Waals surface area contributed by atoms with E-state index < -0.39 is 10.8 Å². The van der Waals surface area contributed by atoms with Gasteiger partial charge < -0.3 is 10.1 Å². The summed E-state index contributed by atoms with van der Waals surface area (Å²) in [5, 5.41) is 14.0. The number of aromatic nitrogens is 2. The molecule has 0 aliphatic rings. The number of nitrogens with one attached hydrogen (secondary N) is 1. The summed E-state index contributed by atoms with van der Waals surface area (Å²) in [5.41, 5.74) is 0.945. The smallest absolute Gasteiger partial charge is 0.293 e. The van der Waals surface area contributed by atoms with Crippen LogP contribution in [-0.4, -0.2) is 27.9 Å². The summed E-state index contributed by atoms with van der Waals surface area (Å²) in [6.07, 6.45) is 1.55. The predicted molar refractivity (Wildman–Crippen MR) is 87.1 cm³/mol. The number of nitrogens with zero attached hydrogens (tertiary/aromatic N) is 3. The molecule has 8 heteroatoms. The van der Waals surface area contributed by atoms with Gasteiger partial charge >= 0.3 is 0 Å². The lowest BCUT2D eigenvalue weighted by Gasteiger charge is -2.06. The summed E-state index contributed by atoms with van der Waals surface area (Å²) in [6.45, 7) is 0. The summed E-state index contributed by atoms with van der Waals surface area (Å²) in [5.74, 6) is 0.116. The molecule has 3 rings (SSSR count). The van der Waals surface area contributed by atoms with Gasteiger partial charge in [-0.1, -0.05) is 0 Å². The molecule has 8 nitrogen and oxygen atoms in total. The molecule has 0 atom stereocenters. The van der Waals surface area contributed by atoms with Gasteiger partial charge in [-0.3, -0.25) is 14.9 Å². The first-order chi connectivity index (χ1) is 11.6. The van der Waals surface area contributed by atoms with Gasteiger partial charge in [0, 0.05) is 35.5 Å². The van der Waals surface area contributed by atoms with Gasteiger partial charge in [-0.05, 0) is 24.3 Å². The van der Waals surface area contributed by atoms with E-state index in [9.17, 15) is 14.9 Å². The molecular weight excluding hydrogens is 312 g/mol. The van der Waals surface area contributed by atoms with Crippen LogP contribution in [0.15, 0.2) is 48.7 Å². The van der Waals surface area contributed by atoms with Crippen molar-refractivity contribution in [1.82, 2.24) is 9.97 Å². The number of fused-ring (bicyclic) bond motifs is 1. The maximum Gasteiger partial charge on any atom is 0.293 e. The quantitative estimate of drug-likeness (QED) is 0.584. The van der Waals surface area contributed by atoms with Gasteiger partial charge in [0.15, 0.2) is 0 Å². The summed E-state index contributed by atoms with van der Waals surface area (Å²) in [6, 6.07) is 10.8. The fourth-order valence-electron chi connectivity index (χ4n) is 2.09. The molecule has 1 heterocycles. The van der Waals surface area contributed by atoms with Crippen LogP contribution in [0, 0.1) is 10.1 Å². The van der Waals surface area contributed by atoms with Crippen molar-refractivity contribution in [1.29, 1.82) is 0 Å². The number of amides is 1. The van der Waals surface area contributed by atoms with E-state index in [0.29, 0.717) is 17.0 Å². The van der Waals surface area contributed by atoms with Crippen molar-refractivity contribution in [3.05, 3.63) is 64.6 Å². The van der Waals surface area contributed by atoms with Crippen LogP contribution in [0.25, 0.3) is 10.9 Å². The highest BCUT2D eigenvalue weighted by molar-refractivity contribution is 6.02. The van der Waals surface area contributed by atoms with Crippen LogP contribution in [0.3, 0.4) is 0 Å².